The quantitative estimate of drug-likeness (QED) is 0.805. The van der Waals surface area contributed by atoms with Crippen LogP contribution in [0.2, 0.25) is 0 Å². The first-order valence-electron chi connectivity index (χ1n) is 6.50. The van der Waals surface area contributed by atoms with Crippen LogP contribution in [0.4, 0.5) is 3.89 Å². The van der Waals surface area contributed by atoms with E-state index in [0.717, 1.165) is 16.7 Å². The number of benzene rings is 1. The van der Waals surface area contributed by atoms with Gasteiger partial charge in [-0.15, -0.1) is 3.89 Å². The molecule has 0 aliphatic carbocycles. The molecule has 1 aliphatic heterocycles. The molecule has 2 unspecified atom stereocenters. The molecule has 4 nitrogen and oxygen atoms in total. The van der Waals surface area contributed by atoms with Gasteiger partial charge in [0, 0.05) is 13.0 Å². The number of carbonyl (C=O) groups is 1. The Labute approximate surface area is 118 Å². The van der Waals surface area contributed by atoms with Gasteiger partial charge in [0.1, 0.15) is 5.25 Å². The van der Waals surface area contributed by atoms with E-state index in [0.29, 0.717) is 0 Å². The van der Waals surface area contributed by atoms with Crippen molar-refractivity contribution in [1.29, 1.82) is 0 Å². The highest BCUT2D eigenvalue weighted by Crippen LogP contribution is 2.29. The molecule has 0 radical (unpaired) electrons. The third-order valence-corrected chi connectivity index (χ3v) is 5.11. The third kappa shape index (κ3) is 2.85. The third-order valence-electron chi connectivity index (χ3n) is 4.00. The molecule has 1 aromatic rings. The van der Waals surface area contributed by atoms with Gasteiger partial charge in [0.25, 0.3) is 0 Å². The topological polar surface area (TPSA) is 54.5 Å². The molecule has 2 rings (SSSR count). The molecule has 1 amide bonds. The summed E-state index contributed by atoms with van der Waals surface area (Å²) in [6.45, 7) is 5.73. The van der Waals surface area contributed by atoms with Crippen molar-refractivity contribution in [2.45, 2.75) is 38.5 Å². The summed E-state index contributed by atoms with van der Waals surface area (Å²) in [5, 5.41) is -1.23. The van der Waals surface area contributed by atoms with E-state index in [-0.39, 0.29) is 24.9 Å². The van der Waals surface area contributed by atoms with Crippen molar-refractivity contribution in [3.05, 3.63) is 34.9 Å². The van der Waals surface area contributed by atoms with E-state index < -0.39 is 15.5 Å². The normalized spacial score (nSPS) is 21.3. The molecular formula is C14H18FNO3S. The molecule has 0 spiro atoms. The van der Waals surface area contributed by atoms with Crippen LogP contribution in [0, 0.1) is 13.8 Å². The molecule has 0 bridgehead atoms. The van der Waals surface area contributed by atoms with Crippen LogP contribution in [0.3, 0.4) is 0 Å². The number of nitrogens with zero attached hydrogens (tertiary/aromatic N) is 1. The zero-order valence-corrected chi connectivity index (χ0v) is 12.6. The van der Waals surface area contributed by atoms with Gasteiger partial charge in [0.05, 0.1) is 6.04 Å². The lowest BCUT2D eigenvalue weighted by Gasteiger charge is -2.25. The summed E-state index contributed by atoms with van der Waals surface area (Å²) >= 11 is 0. The minimum atomic E-state index is -4.66. The zero-order chi connectivity index (χ0) is 15.1. The second-order valence-corrected chi connectivity index (χ2v) is 6.99. The minimum absolute atomic E-state index is 0.0776. The van der Waals surface area contributed by atoms with Crippen molar-refractivity contribution in [1.82, 2.24) is 4.90 Å². The summed E-state index contributed by atoms with van der Waals surface area (Å²) in [7, 11) is -4.66. The van der Waals surface area contributed by atoms with Crippen LogP contribution in [0.25, 0.3) is 0 Å². The smallest absolute Gasteiger partial charge is 0.307 e. The highest BCUT2D eigenvalue weighted by atomic mass is 32.3. The van der Waals surface area contributed by atoms with E-state index in [1.54, 1.807) is 0 Å². The number of amides is 1. The zero-order valence-electron chi connectivity index (χ0n) is 11.8. The van der Waals surface area contributed by atoms with Crippen molar-refractivity contribution in [2.75, 3.05) is 6.54 Å². The molecule has 0 saturated carbocycles. The molecule has 110 valence electrons. The summed E-state index contributed by atoms with van der Waals surface area (Å²) in [6.07, 6.45) is -0.270. The highest BCUT2D eigenvalue weighted by molar-refractivity contribution is 7.87. The fraction of sp³-hybridized carbons (Fsp3) is 0.500. The Morgan fingerprint density at radius 1 is 1.30 bits per heavy atom. The van der Waals surface area contributed by atoms with Gasteiger partial charge in [-0.2, -0.15) is 8.42 Å². The lowest BCUT2D eigenvalue weighted by molar-refractivity contribution is -0.129. The Hall–Kier alpha value is -1.43. The van der Waals surface area contributed by atoms with Crippen LogP contribution in [-0.2, 0) is 15.0 Å². The Morgan fingerprint density at radius 3 is 2.45 bits per heavy atom. The van der Waals surface area contributed by atoms with Gasteiger partial charge >= 0.3 is 10.2 Å². The minimum Gasteiger partial charge on any atom is -0.334 e. The number of hydrogen-bond acceptors (Lipinski definition) is 3. The second-order valence-electron chi connectivity index (χ2n) is 5.37. The molecule has 1 fully saturated rings. The van der Waals surface area contributed by atoms with Crippen LogP contribution in [0.1, 0.15) is 36.1 Å². The van der Waals surface area contributed by atoms with Gasteiger partial charge in [-0.05, 0) is 37.5 Å². The van der Waals surface area contributed by atoms with Gasteiger partial charge in [-0.25, -0.2) is 0 Å². The molecule has 1 aromatic carbocycles. The predicted octanol–water partition coefficient (Wildman–Crippen LogP) is 2.26. The van der Waals surface area contributed by atoms with E-state index >= 15 is 0 Å². The number of rotatable bonds is 3. The predicted molar refractivity (Wildman–Crippen MR) is 74.5 cm³/mol. The fourth-order valence-electron chi connectivity index (χ4n) is 2.46. The van der Waals surface area contributed by atoms with Crippen LogP contribution in [0.15, 0.2) is 18.2 Å². The number of aryl methyl sites for hydroxylation is 2. The summed E-state index contributed by atoms with van der Waals surface area (Å²) in [5.74, 6) is -0.318. The van der Waals surface area contributed by atoms with Crippen LogP contribution in [0.5, 0.6) is 0 Å². The van der Waals surface area contributed by atoms with Crippen LogP contribution < -0.4 is 0 Å². The van der Waals surface area contributed by atoms with E-state index in [4.69, 9.17) is 0 Å². The lowest BCUT2D eigenvalue weighted by Crippen LogP contribution is -2.30. The Balaban J connectivity index is 2.23. The first-order chi connectivity index (χ1) is 9.20. The number of hydrogen-bond donors (Lipinski definition) is 0. The molecule has 20 heavy (non-hydrogen) atoms. The molecule has 1 heterocycles. The number of carbonyl (C=O) groups excluding carboxylic acids is 1. The first kappa shape index (κ1) is 15.0. The van der Waals surface area contributed by atoms with Gasteiger partial charge in [0.15, 0.2) is 0 Å². The molecule has 6 heteroatoms. The summed E-state index contributed by atoms with van der Waals surface area (Å²) < 4.78 is 34.9. The van der Waals surface area contributed by atoms with Gasteiger partial charge in [-0.1, -0.05) is 18.2 Å². The molecule has 0 N–H and O–H groups in total. The molecule has 1 saturated heterocycles. The van der Waals surface area contributed by atoms with Gasteiger partial charge < -0.3 is 4.90 Å². The average Bonchev–Trinajstić information content (AvgIpc) is 2.74. The van der Waals surface area contributed by atoms with Crippen molar-refractivity contribution < 1.29 is 17.1 Å². The lowest BCUT2D eigenvalue weighted by atomic mass is 10.0. The van der Waals surface area contributed by atoms with Crippen LogP contribution >= 0.6 is 0 Å². The number of halogens is 1. The van der Waals surface area contributed by atoms with E-state index in [2.05, 4.69) is 0 Å². The van der Waals surface area contributed by atoms with E-state index in [1.807, 2.05) is 39.0 Å². The maximum absolute atomic E-state index is 13.0. The maximum atomic E-state index is 13.0. The standard InChI is InChI=1S/C14H18FNO3S/c1-9-4-5-12(6-10(9)2)11(3)16-8-13(7-14(16)17)20(15,18)19/h4-6,11,13H,7-8H2,1-3H3. The van der Waals surface area contributed by atoms with Crippen molar-refractivity contribution in [3.8, 4) is 0 Å². The Morgan fingerprint density at radius 2 is 1.95 bits per heavy atom. The number of likely N-dealkylation sites (tertiary alicyclic amines) is 1. The summed E-state index contributed by atoms with van der Waals surface area (Å²) in [4.78, 5) is 13.3. The average molecular weight is 299 g/mol. The molecule has 1 aliphatic rings. The highest BCUT2D eigenvalue weighted by Gasteiger charge is 2.40. The first-order valence-corrected chi connectivity index (χ1v) is 7.95. The fourth-order valence-corrected chi connectivity index (χ4v) is 3.15. The summed E-state index contributed by atoms with van der Waals surface area (Å²) in [6, 6.07) is 5.60. The van der Waals surface area contributed by atoms with Gasteiger partial charge in [0.2, 0.25) is 5.91 Å². The van der Waals surface area contributed by atoms with E-state index in [1.165, 1.54) is 4.90 Å². The second kappa shape index (κ2) is 5.16. The van der Waals surface area contributed by atoms with Crippen LogP contribution in [-0.4, -0.2) is 31.0 Å². The largest absolute Gasteiger partial charge is 0.334 e. The maximum Gasteiger partial charge on any atom is 0.307 e. The van der Waals surface area contributed by atoms with Crippen molar-refractivity contribution >= 4 is 16.1 Å². The van der Waals surface area contributed by atoms with E-state index in [9.17, 15) is 17.1 Å². The molecule has 2 atom stereocenters. The summed E-state index contributed by atoms with van der Waals surface area (Å²) in [5.41, 5.74) is 3.19. The van der Waals surface area contributed by atoms with Crippen molar-refractivity contribution in [3.63, 3.8) is 0 Å². The molecular weight excluding hydrogens is 281 g/mol. The van der Waals surface area contributed by atoms with Crippen molar-refractivity contribution in [2.24, 2.45) is 0 Å². The Bertz CT molecular complexity index is 642. The monoisotopic (exact) mass is 299 g/mol. The molecule has 0 aromatic heterocycles. The Kier molecular flexibility index (Phi) is 3.86. The van der Waals surface area contributed by atoms with Gasteiger partial charge in [-0.3, -0.25) is 4.79 Å². The SMILES string of the molecule is Cc1ccc(C(C)N2CC(S(=O)(=O)F)CC2=O)cc1C.